The Labute approximate surface area is 394 Å². The Morgan fingerprint density at radius 1 is 0.206 bits per heavy atom. The molecule has 0 atom stereocenters. The minimum atomic E-state index is 0.849. The van der Waals surface area contributed by atoms with E-state index in [0.717, 1.165) is 33.0 Å². The molecule has 68 heavy (non-hydrogen) atoms. The summed E-state index contributed by atoms with van der Waals surface area (Å²) in [6, 6.07) is 85.1. The quantitative estimate of drug-likeness (QED) is 0.117. The minimum absolute atomic E-state index is 0.849. The Morgan fingerprint density at radius 3 is 1.24 bits per heavy atom. The summed E-state index contributed by atoms with van der Waals surface area (Å²) in [7, 11) is 3.46. The highest BCUT2D eigenvalue weighted by Gasteiger charge is 2.24. The van der Waals surface area contributed by atoms with Gasteiger partial charge < -0.3 is 9.47 Å². The van der Waals surface area contributed by atoms with Crippen LogP contribution in [0.25, 0.3) is 131 Å². The van der Waals surface area contributed by atoms with Crippen molar-refractivity contribution in [2.24, 2.45) is 0 Å². The van der Waals surface area contributed by atoms with Gasteiger partial charge in [0.15, 0.2) is 0 Å². The second kappa shape index (κ2) is 16.0. The first-order valence-electron chi connectivity index (χ1n) is 23.3. The van der Waals surface area contributed by atoms with Crippen molar-refractivity contribution < 1.29 is 9.47 Å². The number of hydrogen-bond acceptors (Lipinski definition) is 2. The van der Waals surface area contributed by atoms with E-state index in [1.807, 2.05) is 0 Å². The molecule has 0 saturated heterocycles. The van der Waals surface area contributed by atoms with Gasteiger partial charge in [-0.3, -0.25) is 0 Å². The zero-order valence-corrected chi connectivity index (χ0v) is 37.8. The Morgan fingerprint density at radius 2 is 0.603 bits per heavy atom. The van der Waals surface area contributed by atoms with Gasteiger partial charge in [-0.15, -0.1) is 0 Å². The molecule has 2 heteroatoms. The van der Waals surface area contributed by atoms with Crippen LogP contribution in [0, 0.1) is 0 Å². The van der Waals surface area contributed by atoms with E-state index in [-0.39, 0.29) is 0 Å². The number of ether oxygens (including phenoxy) is 2. The third-order valence-electron chi connectivity index (χ3n) is 14.1. The predicted molar refractivity (Wildman–Crippen MR) is 289 cm³/mol. The fraction of sp³-hybridized carbons (Fsp3) is 0.0303. The molecular weight excluding hydrogens is 825 g/mol. The second-order valence-corrected chi connectivity index (χ2v) is 17.9. The van der Waals surface area contributed by atoms with Gasteiger partial charge in [-0.1, -0.05) is 170 Å². The maximum absolute atomic E-state index is 5.67. The molecule has 0 amide bonds. The molecule has 0 unspecified atom stereocenters. The highest BCUT2D eigenvalue weighted by Crippen LogP contribution is 2.51. The molecule has 0 bridgehead atoms. The zero-order valence-electron chi connectivity index (χ0n) is 37.8. The van der Waals surface area contributed by atoms with Crippen LogP contribution in [-0.4, -0.2) is 14.2 Å². The summed E-state index contributed by atoms with van der Waals surface area (Å²) in [5, 5.41) is 16.8. The third kappa shape index (κ3) is 6.48. The van der Waals surface area contributed by atoms with Gasteiger partial charge in [-0.05, 0) is 192 Å². The molecule has 0 saturated carbocycles. The molecule has 0 aromatic heterocycles. The van der Waals surface area contributed by atoms with E-state index in [4.69, 9.17) is 9.47 Å². The maximum atomic E-state index is 5.67. The van der Waals surface area contributed by atoms with Gasteiger partial charge in [0.25, 0.3) is 0 Å². The van der Waals surface area contributed by atoms with Crippen molar-refractivity contribution in [2.45, 2.75) is 0 Å². The van der Waals surface area contributed by atoms with Crippen LogP contribution in [0.4, 0.5) is 0 Å². The molecule has 13 aromatic rings. The van der Waals surface area contributed by atoms with E-state index >= 15 is 0 Å². The van der Waals surface area contributed by atoms with Crippen LogP contribution in [0.15, 0.2) is 231 Å². The molecule has 0 aliphatic heterocycles. The smallest absolute Gasteiger partial charge is 0.119 e. The fourth-order valence-electron chi connectivity index (χ4n) is 10.9. The van der Waals surface area contributed by atoms with E-state index in [9.17, 15) is 0 Å². The zero-order chi connectivity index (χ0) is 45.3. The third-order valence-corrected chi connectivity index (χ3v) is 14.1. The predicted octanol–water partition coefficient (Wildman–Crippen LogP) is 18.1. The Bertz CT molecular complexity index is 4150. The first-order chi connectivity index (χ1) is 33.6. The van der Waals surface area contributed by atoms with Crippen molar-refractivity contribution >= 4 is 75.4 Å². The molecule has 13 rings (SSSR count). The summed E-state index contributed by atoms with van der Waals surface area (Å²) in [4.78, 5) is 0. The summed E-state index contributed by atoms with van der Waals surface area (Å²) in [6.45, 7) is 0. The van der Waals surface area contributed by atoms with Crippen LogP contribution in [0.2, 0.25) is 0 Å². The normalized spacial score (nSPS) is 11.7. The first-order valence-corrected chi connectivity index (χ1v) is 23.3. The van der Waals surface area contributed by atoms with Crippen LogP contribution in [0.1, 0.15) is 0 Å². The molecule has 0 fully saturated rings. The molecule has 0 radical (unpaired) electrons. The van der Waals surface area contributed by atoms with Gasteiger partial charge in [0.1, 0.15) is 11.5 Å². The first kappa shape index (κ1) is 39.6. The van der Waals surface area contributed by atoms with Crippen LogP contribution < -0.4 is 9.47 Å². The van der Waals surface area contributed by atoms with Gasteiger partial charge in [-0.25, -0.2) is 0 Å². The summed E-state index contributed by atoms with van der Waals surface area (Å²) in [5.41, 5.74) is 12.0. The Kier molecular flexibility index (Phi) is 9.33. The van der Waals surface area contributed by atoms with Gasteiger partial charge in [0.05, 0.1) is 14.2 Å². The van der Waals surface area contributed by atoms with Gasteiger partial charge in [0.2, 0.25) is 0 Å². The SMILES string of the molecule is COc1ccc2cc(-c3c4ccc(-c5ccccc5)cc4c(-c4ccc5cc(OC)ccc5c4)c4cc5c(cc34)c(-c3ccccc3)c(-c3ccc4ccccc4c3)c3ccccc35)ccc2c1. The van der Waals surface area contributed by atoms with E-state index in [1.54, 1.807) is 14.2 Å². The number of fused-ring (bicyclic) bond motifs is 8. The molecule has 13 aromatic carbocycles. The highest BCUT2D eigenvalue weighted by molar-refractivity contribution is 6.30. The minimum Gasteiger partial charge on any atom is -0.497 e. The van der Waals surface area contributed by atoms with E-state index in [1.165, 1.54) is 109 Å². The van der Waals surface area contributed by atoms with Gasteiger partial charge in [-0.2, -0.15) is 0 Å². The van der Waals surface area contributed by atoms with Crippen molar-refractivity contribution in [2.75, 3.05) is 14.2 Å². The van der Waals surface area contributed by atoms with Crippen molar-refractivity contribution in [3.8, 4) is 67.1 Å². The molecular formula is C66H44O2. The summed E-state index contributed by atoms with van der Waals surface area (Å²) < 4.78 is 11.3. The molecule has 0 heterocycles. The molecule has 0 N–H and O–H groups in total. The van der Waals surface area contributed by atoms with Crippen LogP contribution in [0.5, 0.6) is 11.5 Å². The van der Waals surface area contributed by atoms with E-state index in [0.29, 0.717) is 0 Å². The van der Waals surface area contributed by atoms with Crippen molar-refractivity contribution in [1.29, 1.82) is 0 Å². The van der Waals surface area contributed by atoms with E-state index < -0.39 is 0 Å². The number of benzene rings is 13. The van der Waals surface area contributed by atoms with Crippen LogP contribution in [-0.2, 0) is 0 Å². The average Bonchev–Trinajstić information content (AvgIpc) is 3.41. The summed E-state index contributed by atoms with van der Waals surface area (Å²) in [6.07, 6.45) is 0. The van der Waals surface area contributed by atoms with E-state index in [2.05, 4.69) is 231 Å². The van der Waals surface area contributed by atoms with Gasteiger partial charge >= 0.3 is 0 Å². The lowest BCUT2D eigenvalue weighted by Gasteiger charge is -2.23. The molecule has 0 aliphatic rings. The van der Waals surface area contributed by atoms with Crippen molar-refractivity contribution in [3.05, 3.63) is 231 Å². The molecule has 0 spiro atoms. The van der Waals surface area contributed by atoms with Crippen LogP contribution in [0.3, 0.4) is 0 Å². The van der Waals surface area contributed by atoms with Crippen LogP contribution >= 0.6 is 0 Å². The van der Waals surface area contributed by atoms with Gasteiger partial charge in [0, 0.05) is 0 Å². The average molecular weight is 869 g/mol. The number of hydrogen-bond donors (Lipinski definition) is 0. The van der Waals surface area contributed by atoms with Crippen molar-refractivity contribution in [3.63, 3.8) is 0 Å². The lowest BCUT2D eigenvalue weighted by atomic mass is 9.80. The van der Waals surface area contributed by atoms with Crippen molar-refractivity contribution in [1.82, 2.24) is 0 Å². The monoisotopic (exact) mass is 868 g/mol. The standard InChI is InChI=1S/C66H44O2/c1-67-53-30-27-45-34-50(25-22-47(45)36-53)63-57-32-29-49(41-13-5-3-6-14-41)38-59(57)64(51-26-23-48-37-54(68-2)31-28-46(48)35-51)61-39-58-55-19-11-12-20-56(55)66(52-24-21-42-15-9-10-18-44(42)33-52)65(60(58)40-62(61)63)43-16-7-4-8-17-43/h3-40H,1-2H3. The Hall–Kier alpha value is -8.72. The second-order valence-electron chi connectivity index (χ2n) is 17.9. The molecule has 2 nitrogen and oxygen atoms in total. The summed E-state index contributed by atoms with van der Waals surface area (Å²) >= 11 is 0. The number of rotatable bonds is 7. The largest absolute Gasteiger partial charge is 0.497 e. The molecule has 320 valence electrons. The molecule has 0 aliphatic carbocycles. The lowest BCUT2D eigenvalue weighted by Crippen LogP contribution is -1.95. The topological polar surface area (TPSA) is 18.5 Å². The lowest BCUT2D eigenvalue weighted by molar-refractivity contribution is 0.415. The maximum Gasteiger partial charge on any atom is 0.119 e. The highest BCUT2D eigenvalue weighted by atomic mass is 16.5. The Balaban J connectivity index is 1.23. The number of methoxy groups -OCH3 is 2. The summed E-state index contributed by atoms with van der Waals surface area (Å²) in [5.74, 6) is 1.70. The fourth-order valence-corrected chi connectivity index (χ4v) is 10.9.